The molecule has 0 atom stereocenters. The van der Waals surface area contributed by atoms with E-state index in [9.17, 15) is 4.79 Å². The van der Waals surface area contributed by atoms with Crippen LogP contribution < -0.4 is 10.6 Å². The molecule has 4 aromatic rings. The summed E-state index contributed by atoms with van der Waals surface area (Å²) in [6.07, 6.45) is 3.66. The van der Waals surface area contributed by atoms with E-state index < -0.39 is 0 Å². The highest BCUT2D eigenvalue weighted by Gasteiger charge is 2.14. The van der Waals surface area contributed by atoms with Gasteiger partial charge in [-0.25, -0.2) is 14.6 Å². The second-order valence-electron chi connectivity index (χ2n) is 6.87. The van der Waals surface area contributed by atoms with Gasteiger partial charge in [0, 0.05) is 25.8 Å². The zero-order valence-electron chi connectivity index (χ0n) is 17.8. The van der Waals surface area contributed by atoms with E-state index in [1.54, 1.807) is 24.1 Å². The van der Waals surface area contributed by atoms with E-state index in [2.05, 4.69) is 35.9 Å². The molecule has 0 radical (unpaired) electrons. The van der Waals surface area contributed by atoms with Crippen LogP contribution >= 0.6 is 11.8 Å². The maximum Gasteiger partial charge on any atom is 0.269 e. The van der Waals surface area contributed by atoms with Crippen molar-refractivity contribution in [1.29, 1.82) is 0 Å². The van der Waals surface area contributed by atoms with Crippen molar-refractivity contribution in [3.63, 3.8) is 0 Å². The Balaban J connectivity index is 1.41. The molecular formula is C21H24N8O2S. The van der Waals surface area contributed by atoms with E-state index in [1.165, 1.54) is 11.8 Å². The van der Waals surface area contributed by atoms with Crippen LogP contribution in [0.4, 0.5) is 5.82 Å². The molecule has 10 nitrogen and oxygen atoms in total. The molecule has 0 unspecified atom stereocenters. The lowest BCUT2D eigenvalue weighted by Crippen LogP contribution is -2.27. The van der Waals surface area contributed by atoms with E-state index >= 15 is 0 Å². The summed E-state index contributed by atoms with van der Waals surface area (Å²) in [6.45, 7) is 2.06. The minimum atomic E-state index is -0.225. The van der Waals surface area contributed by atoms with Crippen LogP contribution in [0.3, 0.4) is 0 Å². The van der Waals surface area contributed by atoms with Gasteiger partial charge in [0.1, 0.15) is 11.5 Å². The molecule has 0 spiro atoms. The van der Waals surface area contributed by atoms with Gasteiger partial charge in [-0.3, -0.25) is 9.89 Å². The summed E-state index contributed by atoms with van der Waals surface area (Å²) in [5.74, 6) is 0.495. The van der Waals surface area contributed by atoms with Crippen LogP contribution in [0.15, 0.2) is 47.8 Å². The quantitative estimate of drug-likeness (QED) is 0.190. The predicted octanol–water partition coefficient (Wildman–Crippen LogP) is 2.43. The molecule has 0 fully saturated rings. The van der Waals surface area contributed by atoms with Crippen LogP contribution in [0.25, 0.3) is 22.3 Å². The van der Waals surface area contributed by atoms with Crippen molar-refractivity contribution in [2.24, 2.45) is 0 Å². The van der Waals surface area contributed by atoms with Crippen molar-refractivity contribution >= 4 is 34.5 Å². The van der Waals surface area contributed by atoms with E-state index in [0.717, 1.165) is 22.5 Å². The fourth-order valence-electron chi connectivity index (χ4n) is 3.16. The van der Waals surface area contributed by atoms with Gasteiger partial charge in [-0.1, -0.05) is 42.1 Å². The minimum absolute atomic E-state index is 0.225. The fourth-order valence-corrected chi connectivity index (χ4v) is 3.52. The third-order valence-corrected chi connectivity index (χ3v) is 5.31. The van der Waals surface area contributed by atoms with Gasteiger partial charge in [0.2, 0.25) is 0 Å². The second-order valence-corrected chi connectivity index (χ2v) is 7.65. The summed E-state index contributed by atoms with van der Waals surface area (Å²) in [7, 11) is 1.66. The number of amides is 1. The third-order valence-electron chi connectivity index (χ3n) is 4.76. The number of H-pyrrole nitrogens is 1. The number of aromatic amines is 1. The van der Waals surface area contributed by atoms with Gasteiger partial charge < -0.3 is 15.4 Å². The normalized spacial score (nSPS) is 11.1. The van der Waals surface area contributed by atoms with Gasteiger partial charge in [0.25, 0.3) is 5.91 Å². The highest BCUT2D eigenvalue weighted by molar-refractivity contribution is 7.98. The SMILES string of the molecule is COCCNc1nc(SC)nc2c1cnn2CCNC(=O)c1cc(-c2ccccc2)n[nH]1. The van der Waals surface area contributed by atoms with Gasteiger partial charge in [-0.15, -0.1) is 0 Å². The number of rotatable bonds is 10. The van der Waals surface area contributed by atoms with Crippen LogP contribution in [-0.2, 0) is 11.3 Å². The summed E-state index contributed by atoms with van der Waals surface area (Å²) in [6, 6.07) is 11.4. The maximum atomic E-state index is 12.5. The fraction of sp³-hybridized carbons (Fsp3) is 0.286. The summed E-state index contributed by atoms with van der Waals surface area (Å²) in [5, 5.41) is 19.1. The zero-order valence-corrected chi connectivity index (χ0v) is 18.6. The second kappa shape index (κ2) is 10.2. The van der Waals surface area contributed by atoms with Crippen molar-refractivity contribution in [2.45, 2.75) is 11.7 Å². The Kier molecular flexibility index (Phi) is 6.97. The Morgan fingerprint density at radius 3 is 2.84 bits per heavy atom. The van der Waals surface area contributed by atoms with E-state index in [0.29, 0.717) is 42.7 Å². The largest absolute Gasteiger partial charge is 0.383 e. The monoisotopic (exact) mass is 452 g/mol. The number of ether oxygens (including phenoxy) is 1. The first-order valence-electron chi connectivity index (χ1n) is 10.1. The standard InChI is InChI=1S/C21H24N8O2S/c1-31-11-9-22-18-15-13-24-29(19(15)26-21(25-18)32-2)10-8-23-20(30)17-12-16(27-28-17)14-6-4-3-5-7-14/h3-7,12-13H,8-11H2,1-2H3,(H,23,30)(H,27,28)(H,22,25,26). The zero-order chi connectivity index (χ0) is 22.3. The molecule has 4 rings (SSSR count). The van der Waals surface area contributed by atoms with Crippen LogP contribution in [0.1, 0.15) is 10.5 Å². The number of methoxy groups -OCH3 is 1. The molecule has 0 aliphatic rings. The Labute approximate surface area is 189 Å². The van der Waals surface area contributed by atoms with E-state index in [4.69, 9.17) is 4.74 Å². The van der Waals surface area contributed by atoms with Gasteiger partial charge in [-0.05, 0) is 12.3 Å². The Hall–Kier alpha value is -3.44. The van der Waals surface area contributed by atoms with Gasteiger partial charge >= 0.3 is 0 Å². The molecule has 166 valence electrons. The number of hydrogen-bond acceptors (Lipinski definition) is 8. The van der Waals surface area contributed by atoms with Crippen molar-refractivity contribution in [2.75, 3.05) is 38.4 Å². The Morgan fingerprint density at radius 2 is 2.06 bits per heavy atom. The van der Waals surface area contributed by atoms with E-state index in [-0.39, 0.29) is 5.91 Å². The van der Waals surface area contributed by atoms with Crippen molar-refractivity contribution < 1.29 is 9.53 Å². The summed E-state index contributed by atoms with van der Waals surface area (Å²) in [4.78, 5) is 21.6. The number of carbonyl (C=O) groups is 1. The molecule has 0 saturated heterocycles. The first-order valence-corrected chi connectivity index (χ1v) is 11.3. The molecule has 3 aromatic heterocycles. The number of aromatic nitrogens is 6. The molecule has 1 amide bonds. The van der Waals surface area contributed by atoms with Gasteiger partial charge in [0.05, 0.1) is 30.4 Å². The number of nitrogens with one attached hydrogen (secondary N) is 3. The lowest BCUT2D eigenvalue weighted by Gasteiger charge is -2.09. The smallest absolute Gasteiger partial charge is 0.269 e. The number of nitrogens with zero attached hydrogens (tertiary/aromatic N) is 5. The molecule has 3 heterocycles. The molecular weight excluding hydrogens is 428 g/mol. The average molecular weight is 453 g/mol. The van der Waals surface area contributed by atoms with Crippen LogP contribution in [0, 0.1) is 0 Å². The highest BCUT2D eigenvalue weighted by atomic mass is 32.2. The highest BCUT2D eigenvalue weighted by Crippen LogP contribution is 2.23. The van der Waals surface area contributed by atoms with Crippen LogP contribution in [0.2, 0.25) is 0 Å². The summed E-state index contributed by atoms with van der Waals surface area (Å²) >= 11 is 1.46. The van der Waals surface area contributed by atoms with Gasteiger partial charge in [-0.2, -0.15) is 10.2 Å². The third kappa shape index (κ3) is 4.89. The lowest BCUT2D eigenvalue weighted by molar-refractivity contribution is 0.0947. The molecule has 0 aliphatic heterocycles. The van der Waals surface area contributed by atoms with Crippen molar-refractivity contribution in [1.82, 2.24) is 35.3 Å². The number of thioether (sulfide) groups is 1. The molecule has 3 N–H and O–H groups in total. The van der Waals surface area contributed by atoms with Crippen molar-refractivity contribution in [3.05, 3.63) is 48.3 Å². The number of carbonyl (C=O) groups excluding carboxylic acids is 1. The Bertz CT molecular complexity index is 1190. The molecule has 1 aromatic carbocycles. The molecule has 11 heteroatoms. The molecule has 0 bridgehead atoms. The number of benzene rings is 1. The molecule has 0 aliphatic carbocycles. The molecule has 32 heavy (non-hydrogen) atoms. The summed E-state index contributed by atoms with van der Waals surface area (Å²) < 4.78 is 6.86. The van der Waals surface area contributed by atoms with Crippen LogP contribution in [0.5, 0.6) is 0 Å². The predicted molar refractivity (Wildman–Crippen MR) is 124 cm³/mol. The molecule has 0 saturated carbocycles. The first kappa shape index (κ1) is 21.8. The maximum absolute atomic E-state index is 12.5. The lowest BCUT2D eigenvalue weighted by atomic mass is 10.1. The van der Waals surface area contributed by atoms with E-state index in [1.807, 2.05) is 36.6 Å². The van der Waals surface area contributed by atoms with Gasteiger partial charge in [0.15, 0.2) is 10.8 Å². The van der Waals surface area contributed by atoms with Crippen molar-refractivity contribution in [3.8, 4) is 11.3 Å². The topological polar surface area (TPSA) is 123 Å². The number of anilines is 1. The first-order chi connectivity index (χ1) is 15.7. The summed E-state index contributed by atoms with van der Waals surface area (Å²) in [5.41, 5.74) is 2.80. The number of fused-ring (bicyclic) bond motifs is 1. The average Bonchev–Trinajstić information content (AvgIpc) is 3.48. The number of hydrogen-bond donors (Lipinski definition) is 3. The Morgan fingerprint density at radius 1 is 1.22 bits per heavy atom. The minimum Gasteiger partial charge on any atom is -0.383 e. The van der Waals surface area contributed by atoms with Crippen LogP contribution in [-0.4, -0.2) is 68.9 Å².